The molecule has 3 nitrogen and oxygen atoms in total. The number of aromatic nitrogens is 2. The molecule has 24 heavy (non-hydrogen) atoms. The summed E-state index contributed by atoms with van der Waals surface area (Å²) in [5.74, 6) is 1.01. The van der Waals surface area contributed by atoms with E-state index in [9.17, 15) is 5.11 Å². The van der Waals surface area contributed by atoms with E-state index < -0.39 is 0 Å². The molecule has 3 rings (SSSR count). The third-order valence-electron chi connectivity index (χ3n) is 4.79. The number of benzene rings is 1. The molecule has 0 spiro atoms. The van der Waals surface area contributed by atoms with Crippen molar-refractivity contribution in [3.8, 4) is 11.3 Å². The van der Waals surface area contributed by atoms with Crippen molar-refractivity contribution in [1.82, 2.24) is 9.55 Å². The van der Waals surface area contributed by atoms with Crippen LogP contribution in [0, 0.1) is 17.8 Å². The first-order valence-electron chi connectivity index (χ1n) is 9.30. The number of aliphatic hydroxyl groups is 1. The standard InChI is InChI=1S/C19H26N2O.C2H6/c1-12(2)9-16(19(22)13(3)4)18-15-8-6-5-7-14(15)17-10-20-11-21(17)18;1-2/h5-8,10-13,16,18-19,22H,9H2,1-4H3;1-2H3/t16-,18?,19-;/m0./s1. The van der Waals surface area contributed by atoms with E-state index in [1.165, 1.54) is 16.8 Å². The molecule has 0 aliphatic carbocycles. The molecule has 1 unspecified atom stereocenters. The second-order valence-corrected chi connectivity index (χ2v) is 7.25. The topological polar surface area (TPSA) is 38.0 Å². The highest BCUT2D eigenvalue weighted by molar-refractivity contribution is 5.69. The third-order valence-corrected chi connectivity index (χ3v) is 4.79. The van der Waals surface area contributed by atoms with Crippen LogP contribution in [-0.4, -0.2) is 20.8 Å². The average molecular weight is 329 g/mol. The van der Waals surface area contributed by atoms with Gasteiger partial charge >= 0.3 is 0 Å². The average Bonchev–Trinajstić information content (AvgIpc) is 3.14. The summed E-state index contributed by atoms with van der Waals surface area (Å²) in [6.45, 7) is 12.7. The Morgan fingerprint density at radius 2 is 1.79 bits per heavy atom. The molecule has 1 aromatic carbocycles. The number of nitrogens with zero attached hydrogens (tertiary/aromatic N) is 2. The molecule has 1 aliphatic rings. The number of hydrogen-bond acceptors (Lipinski definition) is 2. The zero-order valence-corrected chi connectivity index (χ0v) is 15.9. The van der Waals surface area contributed by atoms with E-state index in [1.54, 1.807) is 0 Å². The predicted octanol–water partition coefficient (Wildman–Crippen LogP) is 5.16. The maximum atomic E-state index is 10.9. The lowest BCUT2D eigenvalue weighted by molar-refractivity contribution is 0.0364. The van der Waals surface area contributed by atoms with E-state index in [0.29, 0.717) is 5.92 Å². The molecule has 0 fully saturated rings. The van der Waals surface area contributed by atoms with Gasteiger partial charge in [-0.1, -0.05) is 65.8 Å². The highest BCUT2D eigenvalue weighted by Crippen LogP contribution is 2.46. The molecule has 0 saturated carbocycles. The van der Waals surface area contributed by atoms with E-state index in [-0.39, 0.29) is 24.0 Å². The SMILES string of the molecule is CC.CC(C)C[C@@H](C1c2ccccc2-c2cncn21)[C@@H](O)C(C)C. The molecule has 2 heterocycles. The van der Waals surface area contributed by atoms with Gasteiger partial charge in [0.2, 0.25) is 0 Å². The van der Waals surface area contributed by atoms with Crippen molar-refractivity contribution in [2.24, 2.45) is 17.8 Å². The van der Waals surface area contributed by atoms with E-state index in [4.69, 9.17) is 0 Å². The fraction of sp³-hybridized carbons (Fsp3) is 0.571. The monoisotopic (exact) mass is 328 g/mol. The van der Waals surface area contributed by atoms with Crippen molar-refractivity contribution in [2.45, 2.75) is 60.1 Å². The van der Waals surface area contributed by atoms with Gasteiger partial charge in [0.15, 0.2) is 0 Å². The molecule has 0 saturated heterocycles. The molecular weight excluding hydrogens is 296 g/mol. The summed E-state index contributed by atoms with van der Waals surface area (Å²) < 4.78 is 2.25. The Kier molecular flexibility index (Phi) is 6.22. The summed E-state index contributed by atoms with van der Waals surface area (Å²) in [7, 11) is 0. The molecule has 1 N–H and O–H groups in total. The maximum Gasteiger partial charge on any atom is 0.0956 e. The number of hydrogen-bond donors (Lipinski definition) is 1. The van der Waals surface area contributed by atoms with Gasteiger partial charge in [-0.3, -0.25) is 0 Å². The maximum absolute atomic E-state index is 10.9. The van der Waals surface area contributed by atoms with E-state index in [1.807, 2.05) is 26.4 Å². The van der Waals surface area contributed by atoms with Gasteiger partial charge in [-0.15, -0.1) is 0 Å². The quantitative estimate of drug-likeness (QED) is 0.823. The Hall–Kier alpha value is -1.61. The largest absolute Gasteiger partial charge is 0.392 e. The van der Waals surface area contributed by atoms with Crippen molar-refractivity contribution in [1.29, 1.82) is 0 Å². The van der Waals surface area contributed by atoms with Crippen LogP contribution in [0.3, 0.4) is 0 Å². The Bertz CT molecular complexity index is 645. The number of rotatable bonds is 5. The summed E-state index contributed by atoms with van der Waals surface area (Å²) in [5.41, 5.74) is 3.75. The molecular formula is C21H32N2O. The minimum atomic E-state index is -0.311. The van der Waals surface area contributed by atoms with Gasteiger partial charge in [-0.25, -0.2) is 4.98 Å². The second-order valence-electron chi connectivity index (χ2n) is 7.25. The summed E-state index contributed by atoms with van der Waals surface area (Å²) >= 11 is 0. The first-order valence-corrected chi connectivity index (χ1v) is 9.30. The fourth-order valence-corrected chi connectivity index (χ4v) is 3.80. The molecule has 132 valence electrons. The predicted molar refractivity (Wildman–Crippen MR) is 101 cm³/mol. The Morgan fingerprint density at radius 3 is 2.42 bits per heavy atom. The molecule has 1 aromatic heterocycles. The Labute approximate surface area is 146 Å². The first kappa shape index (κ1) is 18.7. The van der Waals surface area contributed by atoms with Crippen molar-refractivity contribution in [2.75, 3.05) is 0 Å². The Balaban J connectivity index is 0.00000100. The first-order chi connectivity index (χ1) is 11.5. The van der Waals surface area contributed by atoms with Gasteiger partial charge in [0.1, 0.15) is 0 Å². The van der Waals surface area contributed by atoms with E-state index in [0.717, 1.165) is 6.42 Å². The van der Waals surface area contributed by atoms with Crippen LogP contribution in [0.5, 0.6) is 0 Å². The smallest absolute Gasteiger partial charge is 0.0956 e. The molecule has 0 radical (unpaired) electrons. The van der Waals surface area contributed by atoms with Crippen molar-refractivity contribution in [3.63, 3.8) is 0 Å². The molecule has 2 aromatic rings. The van der Waals surface area contributed by atoms with Crippen molar-refractivity contribution < 1.29 is 5.11 Å². The van der Waals surface area contributed by atoms with Crippen LogP contribution in [0.4, 0.5) is 0 Å². The third kappa shape index (κ3) is 3.41. The summed E-state index contributed by atoms with van der Waals surface area (Å²) in [4.78, 5) is 4.34. The number of aliphatic hydroxyl groups excluding tert-OH is 1. The van der Waals surface area contributed by atoms with Crippen LogP contribution in [0.15, 0.2) is 36.8 Å². The highest BCUT2D eigenvalue weighted by Gasteiger charge is 2.38. The zero-order valence-electron chi connectivity index (χ0n) is 15.9. The molecule has 3 atom stereocenters. The van der Waals surface area contributed by atoms with Crippen molar-refractivity contribution >= 4 is 0 Å². The van der Waals surface area contributed by atoms with Crippen molar-refractivity contribution in [3.05, 3.63) is 42.4 Å². The van der Waals surface area contributed by atoms with Crippen LogP contribution >= 0.6 is 0 Å². The summed E-state index contributed by atoms with van der Waals surface area (Å²) in [6, 6.07) is 8.73. The van der Waals surface area contributed by atoms with Gasteiger partial charge in [-0.2, -0.15) is 0 Å². The van der Waals surface area contributed by atoms with Crippen LogP contribution in [0.1, 0.15) is 59.6 Å². The molecule has 1 aliphatic heterocycles. The van der Waals surface area contributed by atoms with Gasteiger partial charge in [-0.05, 0) is 23.8 Å². The Morgan fingerprint density at radius 1 is 1.12 bits per heavy atom. The van der Waals surface area contributed by atoms with Gasteiger partial charge < -0.3 is 9.67 Å². The van der Waals surface area contributed by atoms with Crippen LogP contribution in [0.2, 0.25) is 0 Å². The minimum absolute atomic E-state index is 0.188. The van der Waals surface area contributed by atoms with Gasteiger partial charge in [0.05, 0.1) is 30.4 Å². The second kappa shape index (κ2) is 7.98. The zero-order chi connectivity index (χ0) is 17.9. The number of fused-ring (bicyclic) bond motifs is 3. The summed E-state index contributed by atoms with van der Waals surface area (Å²) in [5, 5.41) is 10.9. The molecule has 0 bridgehead atoms. The minimum Gasteiger partial charge on any atom is -0.392 e. The summed E-state index contributed by atoms with van der Waals surface area (Å²) in [6.07, 6.45) is 4.55. The number of imidazole rings is 1. The lowest BCUT2D eigenvalue weighted by atomic mass is 9.79. The van der Waals surface area contributed by atoms with E-state index in [2.05, 4.69) is 61.5 Å². The van der Waals surface area contributed by atoms with Crippen LogP contribution in [-0.2, 0) is 0 Å². The van der Waals surface area contributed by atoms with Gasteiger partial charge in [0, 0.05) is 11.5 Å². The van der Waals surface area contributed by atoms with Gasteiger partial charge in [0.25, 0.3) is 0 Å². The molecule has 0 amide bonds. The van der Waals surface area contributed by atoms with Crippen LogP contribution < -0.4 is 0 Å². The molecule has 3 heteroatoms. The lowest BCUT2D eigenvalue weighted by Gasteiger charge is -2.33. The van der Waals surface area contributed by atoms with E-state index >= 15 is 0 Å². The normalized spacial score (nSPS) is 18.0. The van der Waals surface area contributed by atoms with Crippen LogP contribution in [0.25, 0.3) is 11.3 Å². The lowest BCUT2D eigenvalue weighted by Crippen LogP contribution is -2.34. The fourth-order valence-electron chi connectivity index (χ4n) is 3.80. The highest BCUT2D eigenvalue weighted by atomic mass is 16.3.